The van der Waals surface area contributed by atoms with E-state index in [0.29, 0.717) is 19.6 Å². The van der Waals surface area contributed by atoms with E-state index in [1.54, 1.807) is 0 Å². The number of hydrogen-bond acceptors (Lipinski definition) is 3. The summed E-state index contributed by atoms with van der Waals surface area (Å²) in [6.07, 6.45) is -0.0897. The Morgan fingerprint density at radius 2 is 1.83 bits per heavy atom. The number of benzene rings is 2. The van der Waals surface area contributed by atoms with Gasteiger partial charge in [0, 0.05) is 19.6 Å². The monoisotopic (exact) mass is 313 g/mol. The number of hydrogen-bond donors (Lipinski definition) is 0. The van der Waals surface area contributed by atoms with Crippen molar-refractivity contribution in [2.75, 3.05) is 19.7 Å². The Kier molecular flexibility index (Phi) is 3.92. The first kappa shape index (κ1) is 14.5. The van der Waals surface area contributed by atoms with Gasteiger partial charge in [-0.2, -0.15) is 0 Å². The van der Waals surface area contributed by atoms with E-state index in [1.807, 2.05) is 24.3 Å². The molecule has 3 nitrogen and oxygen atoms in total. The van der Waals surface area contributed by atoms with E-state index in [2.05, 4.69) is 29.2 Å². The molecule has 120 valence electrons. The zero-order valence-corrected chi connectivity index (χ0v) is 13.0. The highest BCUT2D eigenvalue weighted by Gasteiger charge is 2.23. The third kappa shape index (κ3) is 3.17. The fraction of sp³-hybridized carbons (Fsp3) is 0.368. The Morgan fingerprint density at radius 3 is 2.57 bits per heavy atom. The molecule has 0 aromatic heterocycles. The van der Waals surface area contributed by atoms with E-state index < -0.39 is 6.17 Å². The molecule has 2 unspecified atom stereocenters. The van der Waals surface area contributed by atoms with Crippen LogP contribution in [0.4, 0.5) is 4.39 Å². The van der Waals surface area contributed by atoms with Crippen LogP contribution in [-0.4, -0.2) is 30.8 Å². The van der Waals surface area contributed by atoms with Crippen LogP contribution in [0.1, 0.15) is 23.7 Å². The number of para-hydroxylation sites is 2. The van der Waals surface area contributed by atoms with Gasteiger partial charge in [-0.1, -0.05) is 36.4 Å². The number of rotatable bonds is 3. The largest absolute Gasteiger partial charge is 0.485 e. The standard InChI is InChI=1S/C19H20FNO2/c20-16-9-10-21(12-16)11-14-5-7-15(8-6-14)19-13-22-17-3-1-2-4-18(17)23-19/h1-8,16,19H,9-13H2. The first-order valence-corrected chi connectivity index (χ1v) is 8.12. The van der Waals surface area contributed by atoms with Gasteiger partial charge in [-0.15, -0.1) is 0 Å². The molecule has 1 fully saturated rings. The lowest BCUT2D eigenvalue weighted by atomic mass is 10.1. The van der Waals surface area contributed by atoms with E-state index in [4.69, 9.17) is 9.47 Å². The van der Waals surface area contributed by atoms with E-state index in [1.165, 1.54) is 5.56 Å². The molecule has 4 rings (SSSR count). The fourth-order valence-corrected chi connectivity index (χ4v) is 3.21. The quantitative estimate of drug-likeness (QED) is 0.861. The van der Waals surface area contributed by atoms with Crippen LogP contribution < -0.4 is 9.47 Å². The first-order chi connectivity index (χ1) is 11.3. The van der Waals surface area contributed by atoms with Crippen molar-refractivity contribution in [3.63, 3.8) is 0 Å². The van der Waals surface area contributed by atoms with Crippen LogP contribution in [0.5, 0.6) is 11.5 Å². The second-order valence-electron chi connectivity index (χ2n) is 6.23. The molecule has 0 aliphatic carbocycles. The number of alkyl halides is 1. The van der Waals surface area contributed by atoms with Gasteiger partial charge in [0.2, 0.25) is 0 Å². The van der Waals surface area contributed by atoms with Gasteiger partial charge in [-0.05, 0) is 29.7 Å². The average Bonchev–Trinajstić information content (AvgIpc) is 3.00. The van der Waals surface area contributed by atoms with Crippen molar-refractivity contribution in [3.8, 4) is 11.5 Å². The van der Waals surface area contributed by atoms with E-state index in [-0.39, 0.29) is 6.10 Å². The second kappa shape index (κ2) is 6.20. The van der Waals surface area contributed by atoms with Crippen molar-refractivity contribution in [1.82, 2.24) is 4.90 Å². The molecule has 1 saturated heterocycles. The van der Waals surface area contributed by atoms with Crippen molar-refractivity contribution in [2.45, 2.75) is 25.2 Å². The first-order valence-electron chi connectivity index (χ1n) is 8.12. The van der Waals surface area contributed by atoms with Gasteiger partial charge >= 0.3 is 0 Å². The summed E-state index contributed by atoms with van der Waals surface area (Å²) >= 11 is 0. The molecule has 0 bridgehead atoms. The molecule has 4 heteroatoms. The molecular weight excluding hydrogens is 293 g/mol. The number of halogens is 1. The third-order valence-corrected chi connectivity index (χ3v) is 4.48. The third-order valence-electron chi connectivity index (χ3n) is 4.48. The minimum Gasteiger partial charge on any atom is -0.485 e. The smallest absolute Gasteiger partial charge is 0.162 e. The molecule has 2 aromatic rings. The second-order valence-corrected chi connectivity index (χ2v) is 6.23. The fourth-order valence-electron chi connectivity index (χ4n) is 3.21. The molecule has 23 heavy (non-hydrogen) atoms. The number of ether oxygens (including phenoxy) is 2. The summed E-state index contributed by atoms with van der Waals surface area (Å²) in [5.74, 6) is 1.59. The molecule has 0 radical (unpaired) electrons. The Bertz CT molecular complexity index is 673. The summed E-state index contributed by atoms with van der Waals surface area (Å²) in [7, 11) is 0. The average molecular weight is 313 g/mol. The van der Waals surface area contributed by atoms with Gasteiger partial charge < -0.3 is 9.47 Å². The lowest BCUT2D eigenvalue weighted by Crippen LogP contribution is -2.22. The summed E-state index contributed by atoms with van der Waals surface area (Å²) in [5.41, 5.74) is 2.31. The van der Waals surface area contributed by atoms with Gasteiger partial charge in [0.1, 0.15) is 12.8 Å². The van der Waals surface area contributed by atoms with Crippen LogP contribution >= 0.6 is 0 Å². The van der Waals surface area contributed by atoms with Crippen molar-refractivity contribution >= 4 is 0 Å². The lowest BCUT2D eigenvalue weighted by Gasteiger charge is -2.26. The molecule has 2 aliphatic heterocycles. The van der Waals surface area contributed by atoms with Crippen LogP contribution in [-0.2, 0) is 6.54 Å². The summed E-state index contributed by atoms with van der Waals surface area (Å²) in [5, 5.41) is 0. The van der Waals surface area contributed by atoms with Gasteiger partial charge in [-0.3, -0.25) is 4.90 Å². The number of likely N-dealkylation sites (tertiary alicyclic amines) is 1. The molecular formula is C19H20FNO2. The zero-order chi connectivity index (χ0) is 15.6. The molecule has 0 spiro atoms. The molecule has 0 N–H and O–H groups in total. The van der Waals surface area contributed by atoms with Crippen molar-refractivity contribution < 1.29 is 13.9 Å². The van der Waals surface area contributed by atoms with Crippen LogP contribution in [0.15, 0.2) is 48.5 Å². The van der Waals surface area contributed by atoms with Gasteiger partial charge in [0.15, 0.2) is 17.6 Å². The Labute approximate surface area is 135 Å². The Hall–Kier alpha value is -2.07. The van der Waals surface area contributed by atoms with Crippen molar-refractivity contribution in [3.05, 3.63) is 59.7 Å². The molecule has 0 amide bonds. The molecule has 2 heterocycles. The summed E-state index contributed by atoms with van der Waals surface area (Å²) in [4.78, 5) is 2.16. The zero-order valence-electron chi connectivity index (χ0n) is 13.0. The topological polar surface area (TPSA) is 21.7 Å². The predicted octanol–water partition coefficient (Wildman–Crippen LogP) is 3.74. The summed E-state index contributed by atoms with van der Waals surface area (Å²) in [6.45, 7) is 2.73. The normalized spacial score (nSPS) is 23.9. The SMILES string of the molecule is FC1CCN(Cc2ccc(C3COc4ccccc4O3)cc2)C1. The van der Waals surface area contributed by atoms with E-state index in [0.717, 1.165) is 30.2 Å². The number of fused-ring (bicyclic) bond motifs is 1. The Balaban J connectivity index is 1.42. The lowest BCUT2D eigenvalue weighted by molar-refractivity contribution is 0.0913. The highest BCUT2D eigenvalue weighted by molar-refractivity contribution is 5.41. The predicted molar refractivity (Wildman–Crippen MR) is 86.5 cm³/mol. The minimum absolute atomic E-state index is 0.0824. The highest BCUT2D eigenvalue weighted by Crippen LogP contribution is 2.35. The van der Waals surface area contributed by atoms with Gasteiger partial charge in [0.05, 0.1) is 0 Å². The highest BCUT2D eigenvalue weighted by atomic mass is 19.1. The molecule has 2 aliphatic rings. The summed E-state index contributed by atoms with van der Waals surface area (Å²) < 4.78 is 25.0. The van der Waals surface area contributed by atoms with Crippen molar-refractivity contribution in [1.29, 1.82) is 0 Å². The van der Waals surface area contributed by atoms with Gasteiger partial charge in [0.25, 0.3) is 0 Å². The van der Waals surface area contributed by atoms with Gasteiger partial charge in [-0.25, -0.2) is 4.39 Å². The van der Waals surface area contributed by atoms with Crippen LogP contribution in [0.25, 0.3) is 0 Å². The number of nitrogens with zero attached hydrogens (tertiary/aromatic N) is 1. The molecule has 2 aromatic carbocycles. The molecule has 2 atom stereocenters. The maximum Gasteiger partial charge on any atom is 0.162 e. The maximum atomic E-state index is 13.2. The van der Waals surface area contributed by atoms with E-state index >= 15 is 0 Å². The molecule has 0 saturated carbocycles. The van der Waals surface area contributed by atoms with Crippen LogP contribution in [0, 0.1) is 0 Å². The van der Waals surface area contributed by atoms with Crippen LogP contribution in [0.2, 0.25) is 0 Å². The van der Waals surface area contributed by atoms with Crippen LogP contribution in [0.3, 0.4) is 0 Å². The van der Waals surface area contributed by atoms with E-state index in [9.17, 15) is 4.39 Å². The van der Waals surface area contributed by atoms with Crippen molar-refractivity contribution in [2.24, 2.45) is 0 Å². The minimum atomic E-state index is -0.665. The maximum absolute atomic E-state index is 13.2. The summed E-state index contributed by atoms with van der Waals surface area (Å²) in [6, 6.07) is 16.1. The Morgan fingerprint density at radius 1 is 1.04 bits per heavy atom.